The number of esters is 1. The number of nitrogens with zero attached hydrogens (tertiary/aromatic N) is 3. The third-order valence-corrected chi connectivity index (χ3v) is 6.31. The Balaban J connectivity index is 1.51. The molecular weight excluding hydrogens is 425 g/mol. The van der Waals surface area contributed by atoms with E-state index in [4.69, 9.17) is 4.74 Å². The summed E-state index contributed by atoms with van der Waals surface area (Å²) in [6, 6.07) is 4.13. The van der Waals surface area contributed by atoms with Crippen LogP contribution in [-0.2, 0) is 16.0 Å². The van der Waals surface area contributed by atoms with Crippen molar-refractivity contribution in [2.24, 2.45) is 5.92 Å². The molecule has 1 saturated carbocycles. The number of alkyl halides is 1. The van der Waals surface area contributed by atoms with Gasteiger partial charge in [0.1, 0.15) is 12.0 Å². The number of cyclic esters (lactones) is 1. The van der Waals surface area contributed by atoms with E-state index < -0.39 is 6.17 Å². The summed E-state index contributed by atoms with van der Waals surface area (Å²) in [5.41, 5.74) is 2.55. The van der Waals surface area contributed by atoms with Gasteiger partial charge in [-0.15, -0.1) is 0 Å². The molecule has 0 spiro atoms. The van der Waals surface area contributed by atoms with Gasteiger partial charge in [-0.1, -0.05) is 13.0 Å². The van der Waals surface area contributed by atoms with Crippen LogP contribution in [0.25, 0.3) is 11.3 Å². The Morgan fingerprint density at radius 2 is 2.03 bits per heavy atom. The lowest BCUT2D eigenvalue weighted by atomic mass is 9.93. The van der Waals surface area contributed by atoms with Crippen LogP contribution in [0.1, 0.15) is 51.0 Å². The lowest BCUT2D eigenvalue weighted by molar-refractivity contribution is -0.137. The largest absolute Gasteiger partial charge is 0.465 e. The fraction of sp³-hybridized carbons (Fsp3) is 0.583. The Labute approximate surface area is 193 Å². The highest BCUT2D eigenvalue weighted by molar-refractivity contribution is 5.73. The zero-order chi connectivity index (χ0) is 23.2. The van der Waals surface area contributed by atoms with E-state index in [0.717, 1.165) is 48.9 Å². The molecule has 1 aliphatic carbocycles. The molecule has 33 heavy (non-hydrogen) atoms. The van der Waals surface area contributed by atoms with Gasteiger partial charge in [0.15, 0.2) is 0 Å². The molecule has 2 aromatic heterocycles. The maximum atomic E-state index is 13.7. The monoisotopic (exact) mass is 457 g/mol. The van der Waals surface area contributed by atoms with E-state index in [9.17, 15) is 14.3 Å². The van der Waals surface area contributed by atoms with E-state index in [-0.39, 0.29) is 30.6 Å². The van der Waals surface area contributed by atoms with Gasteiger partial charge in [0.25, 0.3) is 0 Å². The zero-order valence-electron chi connectivity index (χ0n) is 19.0. The molecule has 9 heteroatoms. The van der Waals surface area contributed by atoms with Gasteiger partial charge in [0, 0.05) is 30.9 Å². The molecule has 0 radical (unpaired) electrons. The molecule has 3 heterocycles. The fourth-order valence-electron chi connectivity index (χ4n) is 4.26. The Bertz CT molecular complexity index is 934. The van der Waals surface area contributed by atoms with Crippen molar-refractivity contribution in [3.63, 3.8) is 0 Å². The second kappa shape index (κ2) is 10.9. The topological polar surface area (TPSA) is 109 Å². The normalized spacial score (nSPS) is 23.7. The van der Waals surface area contributed by atoms with Crippen molar-refractivity contribution in [1.82, 2.24) is 15.0 Å². The molecule has 0 bridgehead atoms. The first kappa shape index (κ1) is 23.4. The Kier molecular flexibility index (Phi) is 7.69. The van der Waals surface area contributed by atoms with Gasteiger partial charge in [-0.2, -0.15) is 4.98 Å². The molecule has 0 amide bonds. The van der Waals surface area contributed by atoms with E-state index in [0.29, 0.717) is 31.2 Å². The number of hydrogen-bond donors (Lipinski definition) is 3. The number of halogens is 1. The van der Waals surface area contributed by atoms with Gasteiger partial charge in [-0.05, 0) is 50.2 Å². The number of aliphatic hydroxyl groups excluding tert-OH is 1. The Morgan fingerprint density at radius 1 is 1.21 bits per heavy atom. The lowest BCUT2D eigenvalue weighted by Gasteiger charge is -2.27. The molecule has 2 aliphatic rings. The number of nitrogens with one attached hydrogen (secondary N) is 2. The van der Waals surface area contributed by atoms with Crippen molar-refractivity contribution < 1.29 is 19.0 Å². The van der Waals surface area contributed by atoms with Crippen molar-refractivity contribution in [3.05, 3.63) is 30.1 Å². The van der Waals surface area contributed by atoms with Gasteiger partial charge in [-0.3, -0.25) is 9.78 Å². The van der Waals surface area contributed by atoms with E-state index in [1.165, 1.54) is 0 Å². The Hall–Kier alpha value is -2.81. The van der Waals surface area contributed by atoms with Crippen molar-refractivity contribution >= 4 is 17.7 Å². The lowest BCUT2D eigenvalue weighted by Crippen LogP contribution is -2.29. The zero-order valence-corrected chi connectivity index (χ0v) is 19.0. The average molecular weight is 458 g/mol. The fourth-order valence-corrected chi connectivity index (χ4v) is 4.26. The third-order valence-electron chi connectivity index (χ3n) is 6.31. The predicted octanol–water partition coefficient (Wildman–Crippen LogP) is 3.52. The Morgan fingerprint density at radius 3 is 2.70 bits per heavy atom. The summed E-state index contributed by atoms with van der Waals surface area (Å²) in [6.07, 6.45) is 7.16. The standard InChI is InChI=1S/C24H32FN5O3/c1-2-17(25)12-27-24-28-13-20(23(30-24)29-18-4-6-19(31)7-5-18)21-8-3-15(11-26-21)9-16-10-22(32)33-14-16/h3,8,11,13,16-19,31H,2,4-7,9-10,12,14H2,1H3,(H2,27,28,29,30)/t16?,17-,18-,19-/m0/s1. The van der Waals surface area contributed by atoms with Gasteiger partial charge in [0.05, 0.1) is 30.4 Å². The number of rotatable bonds is 9. The highest BCUT2D eigenvalue weighted by Gasteiger charge is 2.24. The minimum absolute atomic E-state index is 0.139. The number of anilines is 2. The summed E-state index contributed by atoms with van der Waals surface area (Å²) >= 11 is 0. The summed E-state index contributed by atoms with van der Waals surface area (Å²) in [5, 5.41) is 16.3. The maximum Gasteiger partial charge on any atom is 0.306 e. The number of pyridine rings is 1. The number of aliphatic hydroxyl groups is 1. The average Bonchev–Trinajstić information content (AvgIpc) is 3.24. The summed E-state index contributed by atoms with van der Waals surface area (Å²) < 4.78 is 18.7. The number of aromatic nitrogens is 3. The molecule has 2 fully saturated rings. The molecule has 2 aromatic rings. The molecule has 1 aliphatic heterocycles. The molecule has 2 atom stereocenters. The van der Waals surface area contributed by atoms with E-state index >= 15 is 0 Å². The van der Waals surface area contributed by atoms with Crippen molar-refractivity contribution in [2.45, 2.75) is 70.2 Å². The third kappa shape index (κ3) is 6.37. The first-order valence-electron chi connectivity index (χ1n) is 11.8. The molecule has 0 aromatic carbocycles. The summed E-state index contributed by atoms with van der Waals surface area (Å²) in [5.74, 6) is 1.08. The van der Waals surface area contributed by atoms with Gasteiger partial charge >= 0.3 is 5.97 Å². The van der Waals surface area contributed by atoms with Crippen LogP contribution in [0.5, 0.6) is 0 Å². The highest BCUT2D eigenvalue weighted by Crippen LogP contribution is 2.29. The molecule has 4 rings (SSSR count). The minimum atomic E-state index is -0.959. The SMILES string of the molecule is CC[C@H](F)CNc1ncc(-c2ccc(CC3COC(=O)C3)cn2)c(N[C@H]2CC[C@H](O)CC2)n1. The van der Waals surface area contributed by atoms with Crippen LogP contribution in [0.2, 0.25) is 0 Å². The number of carbonyl (C=O) groups excluding carboxylic acids is 1. The van der Waals surface area contributed by atoms with Gasteiger partial charge < -0.3 is 20.5 Å². The molecule has 178 valence electrons. The minimum Gasteiger partial charge on any atom is -0.465 e. The van der Waals surface area contributed by atoms with E-state index in [2.05, 4.69) is 25.6 Å². The van der Waals surface area contributed by atoms with Crippen LogP contribution in [0, 0.1) is 5.92 Å². The second-order valence-electron chi connectivity index (χ2n) is 9.00. The summed E-state index contributed by atoms with van der Waals surface area (Å²) in [4.78, 5) is 25.0. The van der Waals surface area contributed by atoms with Crippen molar-refractivity contribution in [2.75, 3.05) is 23.8 Å². The van der Waals surface area contributed by atoms with E-state index in [1.807, 2.05) is 18.3 Å². The van der Waals surface area contributed by atoms with Crippen molar-refractivity contribution in [3.8, 4) is 11.3 Å². The summed E-state index contributed by atoms with van der Waals surface area (Å²) in [6.45, 7) is 2.42. The van der Waals surface area contributed by atoms with Crippen LogP contribution in [0.3, 0.4) is 0 Å². The second-order valence-corrected chi connectivity index (χ2v) is 9.00. The molecule has 8 nitrogen and oxygen atoms in total. The first-order chi connectivity index (χ1) is 16.0. The van der Waals surface area contributed by atoms with Crippen molar-refractivity contribution in [1.29, 1.82) is 0 Å². The molecule has 1 unspecified atom stereocenters. The van der Waals surface area contributed by atoms with Gasteiger partial charge in [-0.25, -0.2) is 9.37 Å². The first-order valence-corrected chi connectivity index (χ1v) is 11.8. The molecule has 3 N–H and O–H groups in total. The van der Waals surface area contributed by atoms with Gasteiger partial charge in [0.2, 0.25) is 5.95 Å². The summed E-state index contributed by atoms with van der Waals surface area (Å²) in [7, 11) is 0. The maximum absolute atomic E-state index is 13.7. The predicted molar refractivity (Wildman–Crippen MR) is 124 cm³/mol. The molecule has 1 saturated heterocycles. The highest BCUT2D eigenvalue weighted by atomic mass is 19.1. The van der Waals surface area contributed by atoms with Crippen LogP contribution in [0.4, 0.5) is 16.2 Å². The smallest absolute Gasteiger partial charge is 0.306 e. The van der Waals surface area contributed by atoms with Crippen LogP contribution >= 0.6 is 0 Å². The number of ether oxygens (including phenoxy) is 1. The van der Waals surface area contributed by atoms with Crippen LogP contribution in [0.15, 0.2) is 24.5 Å². The van der Waals surface area contributed by atoms with Crippen LogP contribution in [-0.4, -0.2) is 57.5 Å². The van der Waals surface area contributed by atoms with Crippen LogP contribution < -0.4 is 10.6 Å². The number of carbonyl (C=O) groups is 1. The van der Waals surface area contributed by atoms with E-state index in [1.54, 1.807) is 13.1 Å². The number of hydrogen-bond acceptors (Lipinski definition) is 8. The quantitative estimate of drug-likeness (QED) is 0.491. The molecular formula is C24H32FN5O3.